The first-order chi connectivity index (χ1) is 19.1. The minimum Gasteiger partial charge on any atom is -0.414 e. The lowest BCUT2D eigenvalue weighted by Crippen LogP contribution is -2.50. The number of amides is 2. The molecule has 1 unspecified atom stereocenters. The number of ether oxygens (including phenoxy) is 1. The zero-order valence-electron chi connectivity index (χ0n) is 27.1. The van der Waals surface area contributed by atoms with E-state index < -0.39 is 20.5 Å². The van der Waals surface area contributed by atoms with E-state index in [1.165, 1.54) is 0 Å². The third kappa shape index (κ3) is 15.9. The predicted octanol–water partition coefficient (Wildman–Crippen LogP) is 6.17. The fourth-order valence-electron chi connectivity index (χ4n) is 3.37. The Bertz CT molecular complexity index is 973. The number of allylic oxidation sites excluding steroid dienone is 7. The van der Waals surface area contributed by atoms with Crippen LogP contribution < -0.4 is 10.6 Å². The van der Waals surface area contributed by atoms with E-state index in [1.54, 1.807) is 7.11 Å². The first-order valence-electron chi connectivity index (χ1n) is 14.4. The highest BCUT2D eigenvalue weighted by atomic mass is 28.4. The number of aliphatic hydroxyl groups excluding tert-OH is 1. The minimum absolute atomic E-state index is 0.00273. The average molecular weight is 589 g/mol. The smallest absolute Gasteiger partial charge is 0.245 e. The summed E-state index contributed by atoms with van der Waals surface area (Å²) in [7, 11) is -0.354. The van der Waals surface area contributed by atoms with E-state index in [-0.39, 0.29) is 29.6 Å². The van der Waals surface area contributed by atoms with E-state index in [1.807, 2.05) is 70.2 Å². The van der Waals surface area contributed by atoms with Crippen molar-refractivity contribution in [2.75, 3.05) is 20.3 Å². The molecular formula is C33H56N2O5Si. The van der Waals surface area contributed by atoms with Crippen molar-refractivity contribution in [2.24, 2.45) is 5.92 Å². The Balaban J connectivity index is 4.95. The van der Waals surface area contributed by atoms with Crippen LogP contribution >= 0.6 is 0 Å². The van der Waals surface area contributed by atoms with Crippen molar-refractivity contribution < 1.29 is 23.9 Å². The van der Waals surface area contributed by atoms with Gasteiger partial charge in [0.2, 0.25) is 12.3 Å². The molecule has 0 aliphatic carbocycles. The number of methoxy groups -OCH3 is 1. The molecule has 0 heterocycles. The van der Waals surface area contributed by atoms with E-state index in [4.69, 9.17) is 9.16 Å². The lowest BCUT2D eigenvalue weighted by molar-refractivity contribution is -0.126. The van der Waals surface area contributed by atoms with Crippen LogP contribution in [0.1, 0.15) is 61.3 Å². The number of hydrogen-bond acceptors (Lipinski definition) is 5. The Hall–Kier alpha value is -2.52. The van der Waals surface area contributed by atoms with Gasteiger partial charge in [-0.3, -0.25) is 9.59 Å². The summed E-state index contributed by atoms with van der Waals surface area (Å²) in [5.74, 6) is -0.380. The second-order valence-electron chi connectivity index (χ2n) is 12.1. The van der Waals surface area contributed by atoms with Crippen molar-refractivity contribution in [3.63, 3.8) is 0 Å². The number of aliphatic hydroxyl groups is 1. The normalized spacial score (nSPS) is 16.9. The molecule has 0 aromatic carbocycles. The van der Waals surface area contributed by atoms with Gasteiger partial charge in [-0.25, -0.2) is 0 Å². The molecule has 0 rings (SSSR count). The largest absolute Gasteiger partial charge is 0.414 e. The highest BCUT2D eigenvalue weighted by Crippen LogP contribution is 2.36. The molecular weight excluding hydrogens is 532 g/mol. The molecule has 232 valence electrons. The molecule has 0 aromatic heterocycles. The number of carbonyl (C=O) groups excluding carboxylic acids is 2. The van der Waals surface area contributed by atoms with Gasteiger partial charge in [0.05, 0.1) is 18.8 Å². The Morgan fingerprint density at radius 3 is 2.29 bits per heavy atom. The molecule has 0 saturated carbocycles. The zero-order chi connectivity index (χ0) is 31.6. The molecule has 0 bridgehead atoms. The van der Waals surface area contributed by atoms with Crippen LogP contribution in [0.3, 0.4) is 0 Å². The third-order valence-corrected chi connectivity index (χ3v) is 12.0. The maximum atomic E-state index is 12.7. The molecule has 0 aliphatic heterocycles. The Morgan fingerprint density at radius 1 is 1.10 bits per heavy atom. The summed E-state index contributed by atoms with van der Waals surface area (Å²) in [5.41, 5.74) is 2.89. The fraction of sp³-hybridized carbons (Fsp3) is 0.576. The van der Waals surface area contributed by atoms with Gasteiger partial charge in [0.1, 0.15) is 6.04 Å². The molecule has 0 aromatic rings. The van der Waals surface area contributed by atoms with E-state index in [9.17, 15) is 14.7 Å². The van der Waals surface area contributed by atoms with Gasteiger partial charge in [-0.15, -0.1) is 0 Å². The molecule has 3 N–H and O–H groups in total. The molecule has 0 spiro atoms. The topological polar surface area (TPSA) is 96.9 Å². The number of hydrogen-bond donors (Lipinski definition) is 3. The monoisotopic (exact) mass is 588 g/mol. The predicted molar refractivity (Wildman–Crippen MR) is 174 cm³/mol. The van der Waals surface area contributed by atoms with Gasteiger partial charge in [-0.1, -0.05) is 94.0 Å². The molecule has 2 amide bonds. The quantitative estimate of drug-likeness (QED) is 0.0953. The third-order valence-electron chi connectivity index (χ3n) is 7.53. The standard InChI is InChI=1S/C33H56N2O5Si/c1-12-25(2)16-15-19-29(39-9)18-14-13-17-27(4)31(37)28(5)21-20-26(3)22-34-32(38)30(35-24-36)23-40-41(10,11)33(6,7)8/h12-14,16-18,20-21,24,27,29-31,37H,1,15,19,22-23H2,2-11H3,(H,34,38)(H,35,36)/b17-13+,18-14+,25-16-,26-20+,28-21+/t27-,29+,30?,31-/m0/s1. The Morgan fingerprint density at radius 2 is 1.73 bits per heavy atom. The number of nitrogens with one attached hydrogen (secondary N) is 2. The molecule has 4 atom stereocenters. The molecule has 7 nitrogen and oxygen atoms in total. The Kier molecular flexibility index (Phi) is 18.4. The van der Waals surface area contributed by atoms with Crippen molar-refractivity contribution in [2.45, 2.75) is 97.7 Å². The summed E-state index contributed by atoms with van der Waals surface area (Å²) in [6.45, 7) is 22.6. The van der Waals surface area contributed by atoms with Crippen LogP contribution in [-0.4, -0.2) is 64.3 Å². The van der Waals surface area contributed by atoms with Crippen LogP contribution in [0.15, 0.2) is 71.9 Å². The van der Waals surface area contributed by atoms with Gasteiger partial charge >= 0.3 is 0 Å². The van der Waals surface area contributed by atoms with Crippen molar-refractivity contribution >= 4 is 20.6 Å². The minimum atomic E-state index is -2.06. The number of rotatable bonds is 19. The van der Waals surface area contributed by atoms with E-state index >= 15 is 0 Å². The molecule has 0 radical (unpaired) electrons. The fourth-order valence-corrected chi connectivity index (χ4v) is 4.39. The first kappa shape index (κ1) is 38.5. The lowest BCUT2D eigenvalue weighted by Gasteiger charge is -2.37. The van der Waals surface area contributed by atoms with Crippen molar-refractivity contribution in [3.05, 3.63) is 71.9 Å². The van der Waals surface area contributed by atoms with Gasteiger partial charge in [-0.05, 0) is 57.3 Å². The summed E-state index contributed by atoms with van der Waals surface area (Å²) < 4.78 is 11.6. The molecule has 0 saturated heterocycles. The summed E-state index contributed by atoms with van der Waals surface area (Å²) >= 11 is 0. The second kappa shape index (κ2) is 19.6. The van der Waals surface area contributed by atoms with Crippen molar-refractivity contribution in [1.82, 2.24) is 10.6 Å². The maximum absolute atomic E-state index is 12.7. The van der Waals surface area contributed by atoms with E-state index in [0.717, 1.165) is 29.6 Å². The molecule has 0 fully saturated rings. The second-order valence-corrected chi connectivity index (χ2v) is 16.9. The lowest BCUT2D eigenvalue weighted by atomic mass is 9.97. The zero-order valence-corrected chi connectivity index (χ0v) is 28.1. The molecule has 8 heteroatoms. The summed E-state index contributed by atoms with van der Waals surface area (Å²) in [6.07, 6.45) is 17.3. The van der Waals surface area contributed by atoms with Crippen LogP contribution in [0.2, 0.25) is 18.1 Å². The van der Waals surface area contributed by atoms with Gasteiger partial charge in [0.15, 0.2) is 8.32 Å². The van der Waals surface area contributed by atoms with E-state index in [2.05, 4.69) is 57.2 Å². The Labute approximate surface area is 250 Å². The van der Waals surface area contributed by atoms with E-state index in [0.29, 0.717) is 13.0 Å². The molecule has 41 heavy (non-hydrogen) atoms. The SMILES string of the molecule is C=C/C(C)=C\CC[C@@H](/C=C/C=C/[C@H](C)[C@H](O)/C(C)=C/C=C(\C)CNC(=O)C(CO[Si](C)(C)C(C)(C)C)NC=O)OC. The first-order valence-corrected chi connectivity index (χ1v) is 17.3. The summed E-state index contributed by atoms with van der Waals surface area (Å²) in [6, 6.07) is -0.757. The van der Waals surface area contributed by atoms with Crippen LogP contribution in [0.4, 0.5) is 0 Å². The van der Waals surface area contributed by atoms with Crippen LogP contribution in [0.5, 0.6) is 0 Å². The highest BCUT2D eigenvalue weighted by molar-refractivity contribution is 6.74. The van der Waals surface area contributed by atoms with Crippen LogP contribution in [0, 0.1) is 5.92 Å². The molecule has 0 aliphatic rings. The van der Waals surface area contributed by atoms with Crippen molar-refractivity contribution in [1.29, 1.82) is 0 Å². The highest BCUT2D eigenvalue weighted by Gasteiger charge is 2.38. The van der Waals surface area contributed by atoms with Crippen molar-refractivity contribution in [3.8, 4) is 0 Å². The van der Waals surface area contributed by atoms with Crippen LogP contribution in [0.25, 0.3) is 0 Å². The summed E-state index contributed by atoms with van der Waals surface area (Å²) in [4.78, 5) is 23.8. The maximum Gasteiger partial charge on any atom is 0.245 e. The van der Waals surface area contributed by atoms with Crippen LogP contribution in [-0.2, 0) is 18.8 Å². The van der Waals surface area contributed by atoms with Gasteiger partial charge in [0.25, 0.3) is 0 Å². The van der Waals surface area contributed by atoms with Gasteiger partial charge in [-0.2, -0.15) is 0 Å². The number of carbonyl (C=O) groups is 2. The van der Waals surface area contributed by atoms with Gasteiger partial charge in [0, 0.05) is 19.6 Å². The summed E-state index contributed by atoms with van der Waals surface area (Å²) in [5, 5.41) is 16.2. The average Bonchev–Trinajstić information content (AvgIpc) is 2.92. The van der Waals surface area contributed by atoms with Gasteiger partial charge < -0.3 is 24.9 Å².